The summed E-state index contributed by atoms with van der Waals surface area (Å²) < 4.78 is 15.4. The van der Waals surface area contributed by atoms with Crippen molar-refractivity contribution in [2.45, 2.75) is 18.8 Å². The van der Waals surface area contributed by atoms with Crippen LogP contribution in [0, 0.1) is 5.82 Å². The minimum atomic E-state index is -0.516. The van der Waals surface area contributed by atoms with E-state index >= 15 is 0 Å². The molecule has 1 fully saturated rings. The van der Waals surface area contributed by atoms with Crippen LogP contribution in [0.2, 0.25) is 5.02 Å². The maximum absolute atomic E-state index is 13.7. The van der Waals surface area contributed by atoms with E-state index in [0.717, 1.165) is 31.6 Å². The molecule has 0 atom stereocenters. The molecule has 1 aliphatic rings. The van der Waals surface area contributed by atoms with Crippen molar-refractivity contribution < 1.29 is 4.39 Å². The second kappa shape index (κ2) is 6.11. The third-order valence-corrected chi connectivity index (χ3v) is 4.62. The molecule has 4 rings (SSSR count). The van der Waals surface area contributed by atoms with Gasteiger partial charge in [0.15, 0.2) is 0 Å². The predicted octanol–water partition coefficient (Wildman–Crippen LogP) is 2.86. The van der Waals surface area contributed by atoms with Gasteiger partial charge in [-0.15, -0.1) is 12.4 Å². The van der Waals surface area contributed by atoms with E-state index in [2.05, 4.69) is 15.4 Å². The van der Waals surface area contributed by atoms with Gasteiger partial charge in [-0.25, -0.2) is 8.91 Å². The van der Waals surface area contributed by atoms with Crippen LogP contribution in [0.5, 0.6) is 0 Å². The lowest BCUT2D eigenvalue weighted by Crippen LogP contribution is -2.28. The fourth-order valence-corrected chi connectivity index (χ4v) is 3.42. The molecule has 0 aliphatic carbocycles. The molecule has 0 radical (unpaired) electrons. The summed E-state index contributed by atoms with van der Waals surface area (Å²) in [6, 6.07) is 4.45. The van der Waals surface area contributed by atoms with Gasteiger partial charge in [-0.05, 0) is 38.1 Å². The molecule has 0 spiro atoms. The lowest BCUT2D eigenvalue weighted by Gasteiger charge is -2.23. The van der Waals surface area contributed by atoms with Gasteiger partial charge in [-0.2, -0.15) is 5.10 Å². The van der Waals surface area contributed by atoms with Crippen LogP contribution in [0.3, 0.4) is 0 Å². The summed E-state index contributed by atoms with van der Waals surface area (Å²) in [7, 11) is 0. The monoisotopic (exact) mass is 356 g/mol. The van der Waals surface area contributed by atoms with E-state index in [1.165, 1.54) is 6.07 Å². The normalized spacial score (nSPS) is 15.9. The number of aromatic amines is 1. The SMILES string of the molecule is Cl.O=c1cc(C2CCNCC2)n2nc3ccc(F)c(Cl)c3c2[nH]1. The maximum Gasteiger partial charge on any atom is 0.251 e. The van der Waals surface area contributed by atoms with Gasteiger partial charge < -0.3 is 10.3 Å². The number of hydrogen-bond donors (Lipinski definition) is 2. The zero-order valence-corrected chi connectivity index (χ0v) is 13.7. The van der Waals surface area contributed by atoms with Gasteiger partial charge in [0.05, 0.1) is 21.6 Å². The number of fused-ring (bicyclic) bond motifs is 3. The molecule has 1 saturated heterocycles. The number of benzene rings is 1. The van der Waals surface area contributed by atoms with Gasteiger partial charge in [-0.3, -0.25) is 4.79 Å². The first-order chi connectivity index (χ1) is 10.6. The summed E-state index contributed by atoms with van der Waals surface area (Å²) in [4.78, 5) is 14.8. The summed E-state index contributed by atoms with van der Waals surface area (Å²) in [5.74, 6) is -0.263. The van der Waals surface area contributed by atoms with E-state index in [1.54, 1.807) is 16.6 Å². The van der Waals surface area contributed by atoms with Gasteiger partial charge in [-0.1, -0.05) is 11.6 Å². The Kier molecular flexibility index (Phi) is 4.31. The maximum atomic E-state index is 13.7. The van der Waals surface area contributed by atoms with Gasteiger partial charge in [0.25, 0.3) is 5.56 Å². The van der Waals surface area contributed by atoms with Crippen LogP contribution in [-0.4, -0.2) is 27.7 Å². The smallest absolute Gasteiger partial charge is 0.251 e. The van der Waals surface area contributed by atoms with Crippen LogP contribution in [0.4, 0.5) is 4.39 Å². The minimum absolute atomic E-state index is 0. The first-order valence-electron chi connectivity index (χ1n) is 7.25. The fourth-order valence-electron chi connectivity index (χ4n) is 3.17. The number of hydrogen-bond acceptors (Lipinski definition) is 3. The Hall–Kier alpha value is -1.63. The Morgan fingerprint density at radius 2 is 2.04 bits per heavy atom. The molecule has 23 heavy (non-hydrogen) atoms. The third kappa shape index (κ3) is 2.60. The van der Waals surface area contributed by atoms with Crippen LogP contribution >= 0.6 is 24.0 Å². The van der Waals surface area contributed by atoms with Crippen LogP contribution in [0.25, 0.3) is 16.6 Å². The standard InChI is InChI=1S/C15H14ClFN4O.ClH/c16-14-9(17)1-2-10-13(14)15-19-12(22)7-11(21(15)20-10)8-3-5-18-6-4-8;/h1-2,7-8,18H,3-6H2,(H,19,22);1H. The van der Waals surface area contributed by atoms with Crippen LogP contribution in [-0.2, 0) is 0 Å². The Morgan fingerprint density at radius 3 is 2.78 bits per heavy atom. The highest BCUT2D eigenvalue weighted by atomic mass is 35.5. The minimum Gasteiger partial charge on any atom is -0.317 e. The Labute approximate surface area is 142 Å². The van der Waals surface area contributed by atoms with Crippen molar-refractivity contribution >= 4 is 40.6 Å². The first kappa shape index (κ1) is 16.2. The largest absolute Gasteiger partial charge is 0.317 e. The van der Waals surface area contributed by atoms with Crippen molar-refractivity contribution in [2.24, 2.45) is 0 Å². The number of nitrogens with one attached hydrogen (secondary N) is 2. The van der Waals surface area contributed by atoms with E-state index in [4.69, 9.17) is 11.6 Å². The average molecular weight is 357 g/mol. The van der Waals surface area contributed by atoms with E-state index in [-0.39, 0.29) is 28.9 Å². The van der Waals surface area contributed by atoms with E-state index < -0.39 is 5.82 Å². The molecule has 1 aromatic carbocycles. The number of aromatic nitrogens is 3. The molecular weight excluding hydrogens is 342 g/mol. The topological polar surface area (TPSA) is 62.2 Å². The summed E-state index contributed by atoms with van der Waals surface area (Å²) in [5.41, 5.74) is 1.67. The molecule has 0 saturated carbocycles. The van der Waals surface area contributed by atoms with Crippen molar-refractivity contribution in [3.05, 3.63) is 45.1 Å². The van der Waals surface area contributed by atoms with Gasteiger partial charge >= 0.3 is 0 Å². The highest BCUT2D eigenvalue weighted by Crippen LogP contribution is 2.31. The average Bonchev–Trinajstić information content (AvgIpc) is 2.90. The lowest BCUT2D eigenvalue weighted by atomic mass is 9.94. The first-order valence-corrected chi connectivity index (χ1v) is 7.63. The van der Waals surface area contributed by atoms with Crippen molar-refractivity contribution in [1.29, 1.82) is 0 Å². The van der Waals surface area contributed by atoms with Crippen LogP contribution < -0.4 is 10.9 Å². The Morgan fingerprint density at radius 1 is 1.30 bits per heavy atom. The number of H-pyrrole nitrogens is 1. The van der Waals surface area contributed by atoms with E-state index in [0.29, 0.717) is 16.6 Å². The molecule has 2 aromatic heterocycles. The highest BCUT2D eigenvalue weighted by molar-refractivity contribution is 6.36. The molecule has 122 valence electrons. The summed E-state index contributed by atoms with van der Waals surface area (Å²) in [6.07, 6.45) is 1.88. The second-order valence-electron chi connectivity index (χ2n) is 5.60. The van der Waals surface area contributed by atoms with Gasteiger partial charge in [0.1, 0.15) is 11.5 Å². The number of halogens is 3. The van der Waals surface area contributed by atoms with Crippen molar-refractivity contribution in [3.8, 4) is 0 Å². The molecular formula is C15H15Cl2FN4O. The summed E-state index contributed by atoms with van der Waals surface area (Å²) in [6.45, 7) is 1.82. The lowest BCUT2D eigenvalue weighted by molar-refractivity contribution is 0.446. The molecule has 5 nitrogen and oxygen atoms in total. The molecule has 2 N–H and O–H groups in total. The van der Waals surface area contributed by atoms with E-state index in [1.807, 2.05) is 0 Å². The van der Waals surface area contributed by atoms with Crippen LogP contribution in [0.15, 0.2) is 23.0 Å². The molecule has 0 bridgehead atoms. The molecule has 0 unspecified atom stereocenters. The predicted molar refractivity (Wildman–Crippen MR) is 90.4 cm³/mol. The van der Waals surface area contributed by atoms with Crippen LogP contribution in [0.1, 0.15) is 24.5 Å². The molecule has 8 heteroatoms. The van der Waals surface area contributed by atoms with Crippen molar-refractivity contribution in [2.75, 3.05) is 13.1 Å². The Balaban J connectivity index is 0.00000156. The fraction of sp³-hybridized carbons (Fsp3) is 0.333. The quantitative estimate of drug-likeness (QED) is 0.704. The summed E-state index contributed by atoms with van der Waals surface area (Å²) in [5, 5.41) is 8.26. The number of piperidine rings is 1. The zero-order valence-electron chi connectivity index (χ0n) is 12.1. The second-order valence-corrected chi connectivity index (χ2v) is 5.98. The van der Waals surface area contributed by atoms with Crippen molar-refractivity contribution in [3.63, 3.8) is 0 Å². The molecule has 3 heterocycles. The Bertz CT molecular complexity index is 931. The zero-order chi connectivity index (χ0) is 15.3. The highest BCUT2D eigenvalue weighted by Gasteiger charge is 2.22. The van der Waals surface area contributed by atoms with Gasteiger partial charge in [0, 0.05) is 12.0 Å². The summed E-state index contributed by atoms with van der Waals surface area (Å²) >= 11 is 6.08. The third-order valence-electron chi connectivity index (χ3n) is 4.25. The number of rotatable bonds is 1. The molecule has 0 amide bonds. The van der Waals surface area contributed by atoms with Gasteiger partial charge in [0.2, 0.25) is 0 Å². The molecule has 1 aliphatic heterocycles. The van der Waals surface area contributed by atoms with Crippen molar-refractivity contribution in [1.82, 2.24) is 19.9 Å². The molecule has 3 aromatic rings. The number of nitrogens with zero attached hydrogens (tertiary/aromatic N) is 2. The van der Waals surface area contributed by atoms with E-state index in [9.17, 15) is 9.18 Å².